The molecular weight excluding hydrogens is 410 g/mol. The average Bonchev–Trinajstić information content (AvgIpc) is 3.06. The molecule has 0 aliphatic heterocycles. The van der Waals surface area contributed by atoms with Gasteiger partial charge in [0.25, 0.3) is 16.4 Å². The van der Waals surface area contributed by atoms with E-state index in [1.165, 1.54) is 0 Å². The molecule has 154 valence electrons. The van der Waals surface area contributed by atoms with Crippen LogP contribution in [0.5, 0.6) is 0 Å². The highest BCUT2D eigenvalue weighted by molar-refractivity contribution is 7.92. The van der Waals surface area contributed by atoms with Crippen molar-refractivity contribution in [1.29, 1.82) is 0 Å². The van der Waals surface area contributed by atoms with E-state index in [0.29, 0.717) is 27.8 Å². The molecule has 0 aliphatic carbocycles. The Kier molecular flexibility index (Phi) is 4.66. The first-order valence-corrected chi connectivity index (χ1v) is 10.7. The van der Waals surface area contributed by atoms with Crippen molar-refractivity contribution in [2.45, 2.75) is 6.54 Å². The van der Waals surface area contributed by atoms with Gasteiger partial charge in [0.15, 0.2) is 0 Å². The van der Waals surface area contributed by atoms with E-state index in [1.54, 1.807) is 42.5 Å². The van der Waals surface area contributed by atoms with Gasteiger partial charge in [0.05, 0.1) is 17.2 Å². The Bertz CT molecular complexity index is 1490. The summed E-state index contributed by atoms with van der Waals surface area (Å²) in [5.74, 6) is 0. The van der Waals surface area contributed by atoms with Crippen LogP contribution in [0.3, 0.4) is 0 Å². The van der Waals surface area contributed by atoms with Gasteiger partial charge in [-0.05, 0) is 35.9 Å². The van der Waals surface area contributed by atoms with Crippen molar-refractivity contribution >= 4 is 43.7 Å². The summed E-state index contributed by atoms with van der Waals surface area (Å²) in [6, 6.07) is 11.6. The maximum Gasteiger partial charge on any atom is 0.271 e. The van der Waals surface area contributed by atoms with Crippen LogP contribution >= 0.6 is 0 Å². The molecule has 0 amide bonds. The fourth-order valence-electron chi connectivity index (χ4n) is 3.08. The molecule has 11 heteroatoms. The monoisotopic (exact) mass is 427 g/mol. The molecular formula is C19H17N5O5S. The molecule has 0 radical (unpaired) electrons. The maximum absolute atomic E-state index is 12.0. The van der Waals surface area contributed by atoms with E-state index >= 15 is 0 Å². The number of rotatable bonds is 7. The van der Waals surface area contributed by atoms with Gasteiger partial charge in [0, 0.05) is 17.9 Å². The smallest absolute Gasteiger partial charge is 0.271 e. The molecule has 0 unspecified atom stereocenters. The molecule has 0 bridgehead atoms. The second-order valence-corrected chi connectivity index (χ2v) is 8.55. The number of aromatic amines is 2. The maximum atomic E-state index is 12.0. The van der Waals surface area contributed by atoms with Crippen LogP contribution in [0.4, 0.5) is 22.7 Å². The number of anilines is 4. The summed E-state index contributed by atoms with van der Waals surface area (Å²) in [6.45, 7) is 0.204. The SMILES string of the molecule is CS(=O)(=O)Nc1cccc(CNc2c(Nc3ccc4[nH][nH]c(=O)c4c3)c(=O)c2=O)c1. The van der Waals surface area contributed by atoms with Crippen LogP contribution in [0.25, 0.3) is 10.9 Å². The molecule has 0 aliphatic rings. The molecule has 0 fully saturated rings. The predicted octanol–water partition coefficient (Wildman–Crippen LogP) is 1.18. The van der Waals surface area contributed by atoms with Gasteiger partial charge in [-0.25, -0.2) is 8.42 Å². The van der Waals surface area contributed by atoms with Gasteiger partial charge < -0.3 is 10.6 Å². The average molecular weight is 427 g/mol. The summed E-state index contributed by atoms with van der Waals surface area (Å²) in [5, 5.41) is 11.4. The molecule has 5 N–H and O–H groups in total. The van der Waals surface area contributed by atoms with Crippen LogP contribution in [-0.2, 0) is 16.6 Å². The van der Waals surface area contributed by atoms with Crippen molar-refractivity contribution in [3.8, 4) is 0 Å². The molecule has 0 atom stereocenters. The Labute approximate surface area is 169 Å². The fraction of sp³-hybridized carbons (Fsp3) is 0.105. The van der Waals surface area contributed by atoms with Gasteiger partial charge in [-0.1, -0.05) is 12.1 Å². The van der Waals surface area contributed by atoms with Gasteiger partial charge >= 0.3 is 0 Å². The lowest BCUT2D eigenvalue weighted by Gasteiger charge is -2.15. The zero-order chi connectivity index (χ0) is 21.5. The standard InChI is InChI=1S/C19H17N5O5S/c1-30(28,29)24-12-4-2-3-10(7-12)9-20-15-16(18(26)17(15)25)21-11-5-6-14-13(8-11)19(27)23-22-14/h2-8,20-21,24H,9H2,1H3,(H2,22,23,27). The Balaban J connectivity index is 1.53. The van der Waals surface area contributed by atoms with Crippen LogP contribution in [0.2, 0.25) is 0 Å². The van der Waals surface area contributed by atoms with Crippen molar-refractivity contribution in [2.75, 3.05) is 21.6 Å². The summed E-state index contributed by atoms with van der Waals surface area (Å²) in [4.78, 5) is 35.8. The number of aromatic nitrogens is 2. The molecule has 1 aromatic heterocycles. The van der Waals surface area contributed by atoms with Gasteiger partial charge in [0.1, 0.15) is 11.4 Å². The minimum atomic E-state index is -3.41. The molecule has 1 heterocycles. The molecule has 4 aromatic rings. The van der Waals surface area contributed by atoms with Gasteiger partial charge in [-0.2, -0.15) is 0 Å². The minimum Gasteiger partial charge on any atom is -0.376 e. The van der Waals surface area contributed by atoms with Crippen molar-refractivity contribution in [3.05, 3.63) is 78.8 Å². The van der Waals surface area contributed by atoms with E-state index in [1.807, 2.05) is 0 Å². The van der Waals surface area contributed by atoms with E-state index in [2.05, 4.69) is 25.6 Å². The Morgan fingerprint density at radius 1 is 0.900 bits per heavy atom. The Morgan fingerprint density at radius 2 is 1.67 bits per heavy atom. The van der Waals surface area contributed by atoms with E-state index in [4.69, 9.17) is 0 Å². The van der Waals surface area contributed by atoms with E-state index in [0.717, 1.165) is 6.26 Å². The summed E-state index contributed by atoms with van der Waals surface area (Å²) in [6.07, 6.45) is 1.05. The number of benzene rings is 2. The second kappa shape index (κ2) is 7.19. The Morgan fingerprint density at radius 3 is 2.43 bits per heavy atom. The van der Waals surface area contributed by atoms with Gasteiger partial charge in [0.2, 0.25) is 10.0 Å². The first kappa shape index (κ1) is 19.5. The highest BCUT2D eigenvalue weighted by Crippen LogP contribution is 2.23. The molecule has 0 saturated heterocycles. The zero-order valence-corrected chi connectivity index (χ0v) is 16.5. The number of sulfonamides is 1. The van der Waals surface area contributed by atoms with Crippen molar-refractivity contribution in [2.24, 2.45) is 0 Å². The highest BCUT2D eigenvalue weighted by Gasteiger charge is 2.21. The molecule has 10 nitrogen and oxygen atoms in total. The summed E-state index contributed by atoms with van der Waals surface area (Å²) >= 11 is 0. The lowest BCUT2D eigenvalue weighted by atomic mass is 10.1. The van der Waals surface area contributed by atoms with Crippen LogP contribution in [0.15, 0.2) is 56.8 Å². The van der Waals surface area contributed by atoms with Gasteiger partial charge in [-0.15, -0.1) is 0 Å². The van der Waals surface area contributed by atoms with Crippen molar-refractivity contribution < 1.29 is 8.42 Å². The fourth-order valence-corrected chi connectivity index (χ4v) is 3.64. The molecule has 3 aromatic carbocycles. The minimum absolute atomic E-state index is 0.108. The normalized spacial score (nSPS) is 11.6. The third-order valence-corrected chi connectivity index (χ3v) is 5.06. The first-order valence-electron chi connectivity index (χ1n) is 8.82. The summed E-state index contributed by atoms with van der Waals surface area (Å²) < 4.78 is 25.1. The highest BCUT2D eigenvalue weighted by atomic mass is 32.2. The number of H-pyrrole nitrogens is 2. The van der Waals surface area contributed by atoms with Crippen molar-refractivity contribution in [3.63, 3.8) is 0 Å². The number of nitrogens with one attached hydrogen (secondary N) is 5. The predicted molar refractivity (Wildman–Crippen MR) is 116 cm³/mol. The number of hydrogen-bond donors (Lipinski definition) is 5. The van der Waals surface area contributed by atoms with E-state index < -0.39 is 20.9 Å². The van der Waals surface area contributed by atoms with Crippen LogP contribution in [-0.4, -0.2) is 24.9 Å². The van der Waals surface area contributed by atoms with Crippen molar-refractivity contribution in [1.82, 2.24) is 10.2 Å². The van der Waals surface area contributed by atoms with Crippen LogP contribution in [0, 0.1) is 0 Å². The zero-order valence-electron chi connectivity index (χ0n) is 15.7. The summed E-state index contributed by atoms with van der Waals surface area (Å²) in [7, 11) is -3.41. The molecule has 0 spiro atoms. The quantitative estimate of drug-likeness (QED) is 0.278. The first-order chi connectivity index (χ1) is 14.2. The van der Waals surface area contributed by atoms with E-state index in [9.17, 15) is 22.8 Å². The Hall–Kier alpha value is -3.86. The lowest BCUT2D eigenvalue weighted by Crippen LogP contribution is -2.36. The molecule has 4 rings (SSSR count). The van der Waals surface area contributed by atoms with Crippen LogP contribution < -0.4 is 31.8 Å². The second-order valence-electron chi connectivity index (χ2n) is 6.80. The largest absolute Gasteiger partial charge is 0.376 e. The van der Waals surface area contributed by atoms with Gasteiger partial charge in [-0.3, -0.25) is 29.3 Å². The number of fused-ring (bicyclic) bond motifs is 1. The van der Waals surface area contributed by atoms with E-state index in [-0.39, 0.29) is 23.5 Å². The molecule has 0 saturated carbocycles. The third kappa shape index (κ3) is 3.82. The van der Waals surface area contributed by atoms with Crippen LogP contribution in [0.1, 0.15) is 5.56 Å². The lowest BCUT2D eigenvalue weighted by molar-refractivity contribution is 0.607. The third-order valence-electron chi connectivity index (χ3n) is 4.45. The summed E-state index contributed by atoms with van der Waals surface area (Å²) in [5.41, 5.74) is 0.851. The number of hydrogen-bond acceptors (Lipinski definition) is 7. The topological polar surface area (TPSA) is 153 Å². The molecule has 30 heavy (non-hydrogen) atoms.